The highest BCUT2D eigenvalue weighted by Crippen LogP contribution is 2.38. The number of nitrogens with two attached hydrogens (primary N) is 2. The number of aromatic amines is 1. The van der Waals surface area contributed by atoms with Gasteiger partial charge in [-0.1, -0.05) is 18.2 Å². The van der Waals surface area contributed by atoms with Crippen LogP contribution in [0.5, 0.6) is 5.75 Å². The molecule has 4 heterocycles. The molecule has 2 aromatic carbocycles. The Morgan fingerprint density at radius 2 is 1.78 bits per heavy atom. The number of nitrogens with one attached hydrogen (secondary N) is 6. The number of benzene rings is 2. The van der Waals surface area contributed by atoms with Crippen LogP contribution in [0.25, 0.3) is 33.0 Å². The van der Waals surface area contributed by atoms with Crippen molar-refractivity contribution in [2.24, 2.45) is 22.4 Å². The molecule has 20 heteroatoms. The fraction of sp³-hybridized carbons (Fsp3) is 0.400. The lowest BCUT2D eigenvalue weighted by Crippen LogP contribution is -2.55. The molecule has 0 bridgehead atoms. The fourth-order valence-corrected chi connectivity index (χ4v) is 6.89. The van der Waals surface area contributed by atoms with Crippen LogP contribution in [0.2, 0.25) is 0 Å². The van der Waals surface area contributed by atoms with Gasteiger partial charge in [-0.3, -0.25) is 29.0 Å². The Bertz CT molecular complexity index is 2340. The van der Waals surface area contributed by atoms with Gasteiger partial charge >= 0.3 is 5.97 Å². The lowest BCUT2D eigenvalue weighted by molar-refractivity contribution is -0.138. The van der Waals surface area contributed by atoms with Gasteiger partial charge in [0.2, 0.25) is 23.6 Å². The van der Waals surface area contributed by atoms with Gasteiger partial charge in [-0.2, -0.15) is 0 Å². The number of likely N-dealkylation sites (tertiary alicyclic amines) is 1. The number of aromatic nitrogens is 3. The number of anilines is 1. The maximum atomic E-state index is 13.5. The average molecular weight is 827 g/mol. The SMILES string of the molecule is CN1CCC(COc2ccc3oc4c(NCC(=O)NCC(=O)NC(CCCN=C(N)N)C(=O)NC(Cc5cnc[nH]5)C(=O)NCC(=O)O)c5ccccc5nc4c3c2)CC1. The Kier molecular flexibility index (Phi) is 14.3. The quantitative estimate of drug-likeness (QED) is 0.0295. The van der Waals surface area contributed by atoms with E-state index < -0.39 is 54.8 Å². The Labute approximate surface area is 344 Å². The van der Waals surface area contributed by atoms with E-state index in [0.717, 1.165) is 42.5 Å². The average Bonchev–Trinajstić information content (AvgIpc) is 3.88. The van der Waals surface area contributed by atoms with Gasteiger partial charge in [0.25, 0.3) is 0 Å². The number of piperidine rings is 1. The molecule has 20 nitrogen and oxygen atoms in total. The molecule has 0 radical (unpaired) electrons. The van der Waals surface area contributed by atoms with Gasteiger partial charge in [0.1, 0.15) is 35.5 Å². The van der Waals surface area contributed by atoms with Crippen molar-refractivity contribution in [1.82, 2.24) is 41.1 Å². The molecule has 1 fully saturated rings. The van der Waals surface area contributed by atoms with E-state index >= 15 is 0 Å². The number of nitrogens with zero attached hydrogens (tertiary/aromatic N) is 4. The van der Waals surface area contributed by atoms with E-state index in [9.17, 15) is 24.0 Å². The number of hydrogen-bond acceptors (Lipinski definition) is 12. The Morgan fingerprint density at radius 3 is 2.53 bits per heavy atom. The molecule has 60 heavy (non-hydrogen) atoms. The lowest BCUT2D eigenvalue weighted by Gasteiger charge is -2.28. The molecule has 0 saturated carbocycles. The summed E-state index contributed by atoms with van der Waals surface area (Å²) in [5.74, 6) is -2.92. The summed E-state index contributed by atoms with van der Waals surface area (Å²) in [6.07, 6.45) is 5.30. The first-order valence-corrected chi connectivity index (χ1v) is 19.6. The number of furan rings is 1. The minimum atomic E-state index is -1.27. The van der Waals surface area contributed by atoms with Crippen LogP contribution < -0.4 is 42.8 Å². The normalized spacial score (nSPS) is 14.3. The number of carboxylic acid groups (broad SMARTS) is 1. The van der Waals surface area contributed by atoms with Gasteiger partial charge < -0.3 is 62.2 Å². The summed E-state index contributed by atoms with van der Waals surface area (Å²) in [6, 6.07) is 10.7. The van der Waals surface area contributed by atoms with Crippen molar-refractivity contribution in [3.63, 3.8) is 0 Å². The summed E-state index contributed by atoms with van der Waals surface area (Å²) in [5, 5.41) is 23.7. The summed E-state index contributed by atoms with van der Waals surface area (Å²) in [6.45, 7) is 1.50. The minimum Gasteiger partial charge on any atom is -0.493 e. The number of carboxylic acids is 1. The number of guanidine groups is 1. The zero-order valence-electron chi connectivity index (χ0n) is 33.2. The van der Waals surface area contributed by atoms with Crippen LogP contribution in [0.3, 0.4) is 0 Å². The van der Waals surface area contributed by atoms with Gasteiger partial charge in [0, 0.05) is 30.2 Å². The third-order valence-corrected chi connectivity index (χ3v) is 10.1. The number of aliphatic imine (C=N–C) groups is 1. The smallest absolute Gasteiger partial charge is 0.322 e. The van der Waals surface area contributed by atoms with E-state index in [1.165, 1.54) is 12.5 Å². The first-order valence-electron chi connectivity index (χ1n) is 19.6. The molecule has 6 rings (SSSR count). The number of para-hydroxylation sites is 1. The van der Waals surface area contributed by atoms with E-state index in [2.05, 4.69) is 53.5 Å². The number of carbonyl (C=O) groups is 5. The van der Waals surface area contributed by atoms with Crippen LogP contribution in [-0.4, -0.2) is 126 Å². The standard InChI is InChI=1S/C40H50N12O8/c1-52-13-10-23(11-14-52)21-59-25-8-9-31-27(16-25)36-37(60-31)35(26-5-2-3-6-28(26)50-36)46-18-32(53)45-19-33(54)49-29(7-4-12-44-40(41)42)39(58)51-30(15-24-17-43-22-48-24)38(57)47-20-34(55)56/h2-3,5-6,8-9,16-17,22-23,29-30H,4,7,10-15,18-21H2,1H3,(H,43,48)(H,45,53)(H,46,50)(H,47,57)(H,49,54)(H,51,58)(H,55,56)(H4,41,42,44). The lowest BCUT2D eigenvalue weighted by atomic mass is 9.98. The fourth-order valence-electron chi connectivity index (χ4n) is 6.89. The second-order valence-corrected chi connectivity index (χ2v) is 14.7. The van der Waals surface area contributed by atoms with Crippen molar-refractivity contribution in [3.8, 4) is 5.75 Å². The number of carbonyl (C=O) groups excluding carboxylic acids is 4. The van der Waals surface area contributed by atoms with E-state index in [1.807, 2.05) is 42.5 Å². The maximum Gasteiger partial charge on any atom is 0.322 e. The van der Waals surface area contributed by atoms with Crippen molar-refractivity contribution in [3.05, 3.63) is 60.7 Å². The molecule has 1 aliphatic heterocycles. The van der Waals surface area contributed by atoms with E-state index in [4.69, 9.17) is 30.7 Å². The van der Waals surface area contributed by atoms with Crippen LogP contribution in [0.1, 0.15) is 31.4 Å². The van der Waals surface area contributed by atoms with Gasteiger partial charge in [0.15, 0.2) is 11.5 Å². The zero-order chi connectivity index (χ0) is 42.6. The third kappa shape index (κ3) is 11.6. The Balaban J connectivity index is 1.10. The van der Waals surface area contributed by atoms with Crippen molar-refractivity contribution in [2.45, 2.75) is 44.2 Å². The Morgan fingerprint density at radius 1 is 0.983 bits per heavy atom. The first-order chi connectivity index (χ1) is 28.9. The summed E-state index contributed by atoms with van der Waals surface area (Å²) >= 11 is 0. The second-order valence-electron chi connectivity index (χ2n) is 14.7. The van der Waals surface area contributed by atoms with Crippen LogP contribution in [-0.2, 0) is 30.4 Å². The van der Waals surface area contributed by atoms with Gasteiger partial charge in [0.05, 0.1) is 42.6 Å². The van der Waals surface area contributed by atoms with Crippen molar-refractivity contribution < 1.29 is 38.2 Å². The molecule has 1 aliphatic rings. The van der Waals surface area contributed by atoms with Crippen molar-refractivity contribution >= 4 is 74.2 Å². The molecule has 2 unspecified atom stereocenters. The van der Waals surface area contributed by atoms with Crippen molar-refractivity contribution in [2.75, 3.05) is 58.2 Å². The largest absolute Gasteiger partial charge is 0.493 e. The topological polar surface area (TPSA) is 297 Å². The highest BCUT2D eigenvalue weighted by atomic mass is 16.5. The molecule has 3 aromatic heterocycles. The van der Waals surface area contributed by atoms with Crippen LogP contribution in [0.4, 0.5) is 5.69 Å². The molecule has 11 N–H and O–H groups in total. The molecule has 5 aromatic rings. The number of H-pyrrole nitrogens is 1. The second kappa shape index (κ2) is 20.1. The Hall–Kier alpha value is -6.96. The molecule has 0 aliphatic carbocycles. The number of pyridine rings is 1. The van der Waals surface area contributed by atoms with Gasteiger partial charge in [-0.25, -0.2) is 9.97 Å². The molecule has 318 valence electrons. The highest BCUT2D eigenvalue weighted by Gasteiger charge is 2.28. The summed E-state index contributed by atoms with van der Waals surface area (Å²) in [4.78, 5) is 81.7. The molecule has 2 atom stereocenters. The summed E-state index contributed by atoms with van der Waals surface area (Å²) in [7, 11) is 2.13. The minimum absolute atomic E-state index is 0.0455. The number of amides is 4. The first kappa shape index (κ1) is 42.6. The molecule has 1 saturated heterocycles. The molecular weight excluding hydrogens is 777 g/mol. The third-order valence-electron chi connectivity index (χ3n) is 10.1. The molecular formula is C40H50N12O8. The van der Waals surface area contributed by atoms with Crippen LogP contribution >= 0.6 is 0 Å². The zero-order valence-corrected chi connectivity index (χ0v) is 33.2. The van der Waals surface area contributed by atoms with Gasteiger partial charge in [-0.05, 0) is 76.0 Å². The number of fused-ring (bicyclic) bond motifs is 4. The number of aliphatic carboxylic acids is 1. The monoisotopic (exact) mass is 826 g/mol. The van der Waals surface area contributed by atoms with Crippen molar-refractivity contribution in [1.29, 1.82) is 0 Å². The molecule has 4 amide bonds. The van der Waals surface area contributed by atoms with Crippen LogP contribution in [0, 0.1) is 5.92 Å². The number of hydrogen-bond donors (Lipinski definition) is 9. The number of imidazole rings is 1. The van der Waals surface area contributed by atoms with E-state index in [-0.39, 0.29) is 38.3 Å². The van der Waals surface area contributed by atoms with E-state index in [0.29, 0.717) is 46.1 Å². The predicted octanol–water partition coefficient (Wildman–Crippen LogP) is 0.573. The predicted molar refractivity (Wildman–Crippen MR) is 223 cm³/mol. The highest BCUT2D eigenvalue weighted by molar-refractivity contribution is 6.14. The summed E-state index contributed by atoms with van der Waals surface area (Å²) in [5.41, 5.74) is 14.3. The van der Waals surface area contributed by atoms with E-state index in [1.54, 1.807) is 0 Å². The maximum absolute atomic E-state index is 13.5. The number of ether oxygens (including phenoxy) is 1. The van der Waals surface area contributed by atoms with Gasteiger partial charge in [-0.15, -0.1) is 0 Å². The van der Waals surface area contributed by atoms with Crippen LogP contribution in [0.15, 0.2) is 64.4 Å². The summed E-state index contributed by atoms with van der Waals surface area (Å²) < 4.78 is 12.5. The molecule has 0 spiro atoms. The number of rotatable bonds is 20.